The van der Waals surface area contributed by atoms with E-state index in [2.05, 4.69) is 23.3 Å². The summed E-state index contributed by atoms with van der Waals surface area (Å²) < 4.78 is 11.5. The maximum Gasteiger partial charge on any atom is 0.255 e. The number of aromatic nitrogens is 1. The van der Waals surface area contributed by atoms with Crippen molar-refractivity contribution < 1.29 is 14.3 Å². The van der Waals surface area contributed by atoms with Gasteiger partial charge in [-0.15, -0.1) is 0 Å². The van der Waals surface area contributed by atoms with E-state index in [9.17, 15) is 4.79 Å². The number of piperidine rings is 1. The molecule has 2 fully saturated rings. The molecule has 1 aromatic carbocycles. The third kappa shape index (κ3) is 3.82. The zero-order chi connectivity index (χ0) is 18.7. The minimum Gasteiger partial charge on any atom is -0.354 e. The van der Waals surface area contributed by atoms with Gasteiger partial charge in [0, 0.05) is 37.8 Å². The fourth-order valence-corrected chi connectivity index (χ4v) is 3.75. The molecular formula is C21H25N3O3. The molecule has 4 rings (SSSR count). The van der Waals surface area contributed by atoms with E-state index in [1.807, 2.05) is 29.2 Å². The van der Waals surface area contributed by atoms with Crippen molar-refractivity contribution in [3.8, 4) is 0 Å². The molecule has 0 unspecified atom stereocenters. The predicted molar refractivity (Wildman–Crippen MR) is 103 cm³/mol. The summed E-state index contributed by atoms with van der Waals surface area (Å²) in [5.74, 6) is -0.467. The first-order valence-corrected chi connectivity index (χ1v) is 9.56. The molecule has 3 heterocycles. The lowest BCUT2D eigenvalue weighted by molar-refractivity contribution is -0.181. The van der Waals surface area contributed by atoms with E-state index in [-0.39, 0.29) is 5.91 Å². The molecule has 2 aliphatic rings. The Balaban J connectivity index is 1.45. The third-order valence-corrected chi connectivity index (χ3v) is 5.29. The maximum atomic E-state index is 12.9. The second kappa shape index (κ2) is 7.66. The van der Waals surface area contributed by atoms with Crippen LogP contribution in [-0.2, 0) is 15.9 Å². The van der Waals surface area contributed by atoms with Crippen molar-refractivity contribution in [3.05, 3.63) is 53.9 Å². The number of ether oxygens (including phenoxy) is 2. The number of benzene rings is 1. The van der Waals surface area contributed by atoms with Gasteiger partial charge in [0.25, 0.3) is 5.91 Å². The van der Waals surface area contributed by atoms with Gasteiger partial charge in [0.1, 0.15) is 0 Å². The van der Waals surface area contributed by atoms with Crippen LogP contribution in [0.25, 0.3) is 0 Å². The highest BCUT2D eigenvalue weighted by Gasteiger charge is 2.40. The van der Waals surface area contributed by atoms with Gasteiger partial charge in [-0.2, -0.15) is 0 Å². The highest BCUT2D eigenvalue weighted by atomic mass is 16.7. The molecule has 0 aliphatic carbocycles. The van der Waals surface area contributed by atoms with Crippen LogP contribution in [0.5, 0.6) is 0 Å². The third-order valence-electron chi connectivity index (χ3n) is 5.29. The number of carbonyl (C=O) groups excluding carboxylic acids is 1. The quantitative estimate of drug-likeness (QED) is 0.898. The number of para-hydroxylation sites is 1. The summed E-state index contributed by atoms with van der Waals surface area (Å²) in [7, 11) is 0. The summed E-state index contributed by atoms with van der Waals surface area (Å²) in [4.78, 5) is 19.0. The number of hydrogen-bond donors (Lipinski definition) is 1. The Morgan fingerprint density at radius 1 is 1.19 bits per heavy atom. The van der Waals surface area contributed by atoms with Crippen molar-refractivity contribution in [1.29, 1.82) is 0 Å². The number of hydrogen-bond acceptors (Lipinski definition) is 5. The van der Waals surface area contributed by atoms with Crippen molar-refractivity contribution in [3.63, 3.8) is 0 Å². The molecule has 0 saturated carbocycles. The first-order chi connectivity index (χ1) is 13.2. The summed E-state index contributed by atoms with van der Waals surface area (Å²) in [5, 5.41) is 3.39. The highest BCUT2D eigenvalue weighted by Crippen LogP contribution is 2.32. The van der Waals surface area contributed by atoms with Crippen LogP contribution in [0, 0.1) is 0 Å². The predicted octanol–water partition coefficient (Wildman–Crippen LogP) is 3.37. The molecular weight excluding hydrogens is 342 g/mol. The average Bonchev–Trinajstić information content (AvgIpc) is 3.17. The Morgan fingerprint density at radius 2 is 1.93 bits per heavy atom. The molecule has 2 aromatic rings. The standard InChI is InChI=1S/C21H25N3O3/c1-2-16-5-3-4-6-19(16)23-18-13-17(14-22-15-18)20(25)24-9-7-21(8-10-24)26-11-12-27-21/h3-6,13-15,23H,2,7-12H2,1H3. The number of pyridine rings is 1. The topological polar surface area (TPSA) is 63.7 Å². The van der Waals surface area contributed by atoms with Crippen LogP contribution in [0.2, 0.25) is 0 Å². The minimum atomic E-state index is -0.470. The SMILES string of the molecule is CCc1ccccc1Nc1cncc(C(=O)N2CCC3(CC2)OCCO3)c1. The number of carbonyl (C=O) groups is 1. The second-order valence-corrected chi connectivity index (χ2v) is 7.00. The molecule has 142 valence electrons. The fourth-order valence-electron chi connectivity index (χ4n) is 3.75. The van der Waals surface area contributed by atoms with Crippen molar-refractivity contribution >= 4 is 17.3 Å². The van der Waals surface area contributed by atoms with Crippen molar-refractivity contribution in [2.75, 3.05) is 31.6 Å². The molecule has 27 heavy (non-hydrogen) atoms. The van der Waals surface area contributed by atoms with Gasteiger partial charge in [-0.1, -0.05) is 25.1 Å². The van der Waals surface area contributed by atoms with Crippen LogP contribution in [0.3, 0.4) is 0 Å². The van der Waals surface area contributed by atoms with E-state index in [1.165, 1.54) is 5.56 Å². The molecule has 6 nitrogen and oxygen atoms in total. The van der Waals surface area contributed by atoms with Gasteiger partial charge < -0.3 is 19.7 Å². The summed E-state index contributed by atoms with van der Waals surface area (Å²) in [6.45, 7) is 4.68. The number of likely N-dealkylation sites (tertiary alicyclic amines) is 1. The summed E-state index contributed by atoms with van der Waals surface area (Å²) >= 11 is 0. The first kappa shape index (κ1) is 17.9. The lowest BCUT2D eigenvalue weighted by Crippen LogP contribution is -2.47. The van der Waals surface area contributed by atoms with Crippen LogP contribution >= 0.6 is 0 Å². The Labute approximate surface area is 159 Å². The van der Waals surface area contributed by atoms with Gasteiger partial charge in [0.2, 0.25) is 0 Å². The molecule has 6 heteroatoms. The Bertz CT molecular complexity index is 808. The molecule has 1 aromatic heterocycles. The normalized spacial score (nSPS) is 18.6. The molecule has 0 atom stereocenters. The van der Waals surface area contributed by atoms with Gasteiger partial charge in [0.05, 0.1) is 30.7 Å². The van der Waals surface area contributed by atoms with Crippen molar-refractivity contribution in [2.45, 2.75) is 32.0 Å². The van der Waals surface area contributed by atoms with Crippen LogP contribution in [0.15, 0.2) is 42.7 Å². The minimum absolute atomic E-state index is 0.00257. The van der Waals surface area contributed by atoms with E-state index >= 15 is 0 Å². The molecule has 1 N–H and O–H groups in total. The van der Waals surface area contributed by atoms with Gasteiger partial charge in [-0.25, -0.2) is 0 Å². The van der Waals surface area contributed by atoms with Crippen molar-refractivity contribution in [2.24, 2.45) is 0 Å². The zero-order valence-electron chi connectivity index (χ0n) is 15.6. The van der Waals surface area contributed by atoms with E-state index in [0.717, 1.165) is 17.8 Å². The number of nitrogens with zero attached hydrogens (tertiary/aromatic N) is 2. The largest absolute Gasteiger partial charge is 0.354 e. The highest BCUT2D eigenvalue weighted by molar-refractivity contribution is 5.95. The number of rotatable bonds is 4. The first-order valence-electron chi connectivity index (χ1n) is 9.56. The smallest absolute Gasteiger partial charge is 0.255 e. The second-order valence-electron chi connectivity index (χ2n) is 7.00. The van der Waals surface area contributed by atoms with Crippen LogP contribution in [0.4, 0.5) is 11.4 Å². The zero-order valence-corrected chi connectivity index (χ0v) is 15.6. The number of anilines is 2. The van der Waals surface area contributed by atoms with Gasteiger partial charge in [-0.05, 0) is 24.1 Å². The van der Waals surface area contributed by atoms with Gasteiger partial charge >= 0.3 is 0 Å². The van der Waals surface area contributed by atoms with E-state index < -0.39 is 5.79 Å². The molecule has 0 bridgehead atoms. The van der Waals surface area contributed by atoms with Crippen LogP contribution in [0.1, 0.15) is 35.7 Å². The molecule has 1 amide bonds. The summed E-state index contributed by atoms with van der Waals surface area (Å²) in [6.07, 6.45) is 5.75. The Kier molecular flexibility index (Phi) is 5.09. The molecule has 2 saturated heterocycles. The average molecular weight is 367 g/mol. The number of amides is 1. The van der Waals surface area contributed by atoms with E-state index in [1.54, 1.807) is 12.4 Å². The van der Waals surface area contributed by atoms with E-state index in [4.69, 9.17) is 9.47 Å². The van der Waals surface area contributed by atoms with Crippen LogP contribution in [-0.4, -0.2) is 47.9 Å². The molecule has 2 aliphatic heterocycles. The monoisotopic (exact) mass is 367 g/mol. The lowest BCUT2D eigenvalue weighted by Gasteiger charge is -2.37. The van der Waals surface area contributed by atoms with Crippen molar-refractivity contribution in [1.82, 2.24) is 9.88 Å². The number of nitrogens with one attached hydrogen (secondary N) is 1. The Hall–Kier alpha value is -2.44. The summed E-state index contributed by atoms with van der Waals surface area (Å²) in [6, 6.07) is 10.0. The number of aryl methyl sites for hydroxylation is 1. The van der Waals surface area contributed by atoms with Crippen LogP contribution < -0.4 is 5.32 Å². The molecule has 0 radical (unpaired) electrons. The lowest BCUT2D eigenvalue weighted by atomic mass is 10.0. The summed E-state index contributed by atoms with van der Waals surface area (Å²) in [5.41, 5.74) is 3.69. The fraction of sp³-hybridized carbons (Fsp3) is 0.429. The molecule has 1 spiro atoms. The maximum absolute atomic E-state index is 12.9. The van der Waals surface area contributed by atoms with Gasteiger partial charge in [0.15, 0.2) is 5.79 Å². The van der Waals surface area contributed by atoms with E-state index in [0.29, 0.717) is 44.7 Å². The Morgan fingerprint density at radius 3 is 2.67 bits per heavy atom. The van der Waals surface area contributed by atoms with Gasteiger partial charge in [-0.3, -0.25) is 9.78 Å².